The lowest BCUT2D eigenvalue weighted by atomic mass is 10.1. The number of aromatic nitrogens is 5. The van der Waals surface area contributed by atoms with Gasteiger partial charge in [0.1, 0.15) is 11.6 Å². The molecule has 5 heterocycles. The minimum Gasteiger partial charge on any atom is -0.436 e. The van der Waals surface area contributed by atoms with Crippen LogP contribution >= 0.6 is 0 Å². The van der Waals surface area contributed by atoms with E-state index in [0.29, 0.717) is 28.7 Å². The Morgan fingerprint density at radius 3 is 2.68 bits per heavy atom. The van der Waals surface area contributed by atoms with Crippen molar-refractivity contribution >= 4 is 23.2 Å². The third kappa shape index (κ3) is 4.59. The summed E-state index contributed by atoms with van der Waals surface area (Å²) >= 11 is 0. The SMILES string of the molecule is Cc1nc(C)c(C(=O)Nc2ccc(F)c(-c3cn4cc(-c5cccc(N6CCNCC6)n5)cnc4n3)c2)o1. The Kier molecular flexibility index (Phi) is 6.04. The van der Waals surface area contributed by atoms with Gasteiger partial charge in [-0.25, -0.2) is 24.3 Å². The number of nitrogens with one attached hydrogen (secondary N) is 2. The maximum Gasteiger partial charge on any atom is 0.293 e. The molecule has 2 N–H and O–H groups in total. The van der Waals surface area contributed by atoms with Gasteiger partial charge in [0, 0.05) is 68.5 Å². The molecule has 38 heavy (non-hydrogen) atoms. The highest BCUT2D eigenvalue weighted by atomic mass is 19.1. The summed E-state index contributed by atoms with van der Waals surface area (Å²) in [6, 6.07) is 10.2. The number of amides is 1. The predicted octanol–water partition coefficient (Wildman–Crippen LogP) is 3.86. The predicted molar refractivity (Wildman–Crippen MR) is 141 cm³/mol. The average Bonchev–Trinajstić information content (AvgIpc) is 3.52. The molecule has 0 saturated carbocycles. The van der Waals surface area contributed by atoms with Crippen LogP contribution in [0.3, 0.4) is 0 Å². The number of carbonyl (C=O) groups is 1. The maximum absolute atomic E-state index is 14.8. The molecule has 11 heteroatoms. The number of piperazine rings is 1. The number of rotatable bonds is 5. The number of hydrogen-bond acceptors (Lipinski definition) is 8. The minimum absolute atomic E-state index is 0.118. The topological polar surface area (TPSA) is 113 Å². The number of fused-ring (bicyclic) bond motifs is 1. The van der Waals surface area contributed by atoms with Crippen molar-refractivity contribution in [3.63, 3.8) is 0 Å². The molecular formula is C27H25FN8O2. The van der Waals surface area contributed by atoms with Gasteiger partial charge in [0.25, 0.3) is 5.91 Å². The molecule has 4 aromatic heterocycles. The van der Waals surface area contributed by atoms with Gasteiger partial charge in [-0.2, -0.15) is 0 Å². The van der Waals surface area contributed by atoms with Crippen molar-refractivity contribution in [3.8, 4) is 22.5 Å². The van der Waals surface area contributed by atoms with Gasteiger partial charge in [-0.3, -0.25) is 9.20 Å². The second kappa shape index (κ2) is 9.67. The fourth-order valence-electron chi connectivity index (χ4n) is 4.53. The van der Waals surface area contributed by atoms with Crippen molar-refractivity contribution in [1.29, 1.82) is 0 Å². The lowest BCUT2D eigenvalue weighted by Crippen LogP contribution is -2.43. The molecule has 192 valence electrons. The second-order valence-corrected chi connectivity index (χ2v) is 9.09. The number of hydrogen-bond donors (Lipinski definition) is 2. The van der Waals surface area contributed by atoms with Gasteiger partial charge in [-0.15, -0.1) is 0 Å². The fourth-order valence-corrected chi connectivity index (χ4v) is 4.53. The number of anilines is 2. The molecule has 0 aliphatic carbocycles. The van der Waals surface area contributed by atoms with Crippen molar-refractivity contribution in [3.05, 3.63) is 78.2 Å². The smallest absolute Gasteiger partial charge is 0.293 e. The summed E-state index contributed by atoms with van der Waals surface area (Å²) < 4.78 is 22.0. The van der Waals surface area contributed by atoms with Crippen molar-refractivity contribution in [1.82, 2.24) is 29.7 Å². The molecule has 1 aromatic carbocycles. The van der Waals surface area contributed by atoms with Crippen LogP contribution in [0.5, 0.6) is 0 Å². The molecule has 0 bridgehead atoms. The molecule has 1 aliphatic heterocycles. The number of benzene rings is 1. The quantitative estimate of drug-likeness (QED) is 0.365. The van der Waals surface area contributed by atoms with Gasteiger partial charge in [-0.1, -0.05) is 6.07 Å². The first-order chi connectivity index (χ1) is 18.4. The second-order valence-electron chi connectivity index (χ2n) is 9.09. The van der Waals surface area contributed by atoms with Gasteiger partial charge in [0.15, 0.2) is 5.89 Å². The van der Waals surface area contributed by atoms with Crippen LogP contribution in [0.4, 0.5) is 15.9 Å². The van der Waals surface area contributed by atoms with Crippen LogP contribution in [-0.2, 0) is 0 Å². The number of pyridine rings is 1. The summed E-state index contributed by atoms with van der Waals surface area (Å²) in [4.78, 5) is 32.8. The normalized spacial score (nSPS) is 13.7. The third-order valence-corrected chi connectivity index (χ3v) is 6.39. The number of imidazole rings is 1. The zero-order chi connectivity index (χ0) is 26.2. The lowest BCUT2D eigenvalue weighted by Gasteiger charge is -2.28. The van der Waals surface area contributed by atoms with Crippen molar-refractivity contribution in [2.24, 2.45) is 0 Å². The van der Waals surface area contributed by atoms with E-state index in [1.807, 2.05) is 24.4 Å². The average molecular weight is 513 g/mol. The van der Waals surface area contributed by atoms with Crippen LogP contribution in [0, 0.1) is 19.7 Å². The van der Waals surface area contributed by atoms with Crippen LogP contribution in [0.25, 0.3) is 28.3 Å². The van der Waals surface area contributed by atoms with Crippen molar-refractivity contribution in [2.45, 2.75) is 13.8 Å². The van der Waals surface area contributed by atoms with Crippen LogP contribution in [0.2, 0.25) is 0 Å². The van der Waals surface area contributed by atoms with Gasteiger partial charge in [0.05, 0.1) is 17.1 Å². The monoisotopic (exact) mass is 512 g/mol. The van der Waals surface area contributed by atoms with Gasteiger partial charge >= 0.3 is 0 Å². The Morgan fingerprint density at radius 2 is 1.89 bits per heavy atom. The molecule has 0 atom stereocenters. The van der Waals surface area contributed by atoms with E-state index in [1.54, 1.807) is 30.6 Å². The number of nitrogens with zero attached hydrogens (tertiary/aromatic N) is 6. The molecule has 6 rings (SSSR count). The zero-order valence-electron chi connectivity index (χ0n) is 20.9. The standard InChI is InChI=1S/C27H25FN8O2/c1-16-25(38-17(2)31-16)26(37)32-19-6-7-21(28)20(12-19)23-15-36-14-18(13-30-27(36)34-23)22-4-3-5-24(33-22)35-10-8-29-9-11-35/h3-7,12-15,29H,8-11H2,1-2H3,(H,32,37). The molecule has 0 unspecified atom stereocenters. The number of carbonyl (C=O) groups excluding carboxylic acids is 1. The first kappa shape index (κ1) is 23.7. The summed E-state index contributed by atoms with van der Waals surface area (Å²) in [6.07, 6.45) is 5.30. The van der Waals surface area contributed by atoms with E-state index in [-0.39, 0.29) is 11.3 Å². The van der Waals surface area contributed by atoms with Gasteiger partial charge in [0.2, 0.25) is 11.5 Å². The molecule has 5 aromatic rings. The molecule has 1 fully saturated rings. The first-order valence-corrected chi connectivity index (χ1v) is 12.3. The highest BCUT2D eigenvalue weighted by Crippen LogP contribution is 2.27. The van der Waals surface area contributed by atoms with E-state index in [2.05, 4.69) is 30.5 Å². The van der Waals surface area contributed by atoms with Crippen LogP contribution in [0.15, 0.2) is 59.4 Å². The molecule has 1 aliphatic rings. The van der Waals surface area contributed by atoms with Crippen LogP contribution in [-0.4, -0.2) is 56.4 Å². The zero-order valence-corrected chi connectivity index (χ0v) is 20.9. The van der Waals surface area contributed by atoms with E-state index in [1.165, 1.54) is 18.2 Å². The Labute approximate surface area is 217 Å². The molecule has 0 spiro atoms. The van der Waals surface area contributed by atoms with E-state index in [4.69, 9.17) is 9.40 Å². The van der Waals surface area contributed by atoms with Crippen LogP contribution in [0.1, 0.15) is 22.1 Å². The van der Waals surface area contributed by atoms with E-state index >= 15 is 0 Å². The third-order valence-electron chi connectivity index (χ3n) is 6.39. The summed E-state index contributed by atoms with van der Waals surface area (Å²) in [5.41, 5.74) is 3.12. The van der Waals surface area contributed by atoms with Crippen LogP contribution < -0.4 is 15.5 Å². The van der Waals surface area contributed by atoms with Crippen molar-refractivity contribution in [2.75, 3.05) is 36.4 Å². The Morgan fingerprint density at radius 1 is 1.05 bits per heavy atom. The highest BCUT2D eigenvalue weighted by Gasteiger charge is 2.18. The molecule has 1 saturated heterocycles. The summed E-state index contributed by atoms with van der Waals surface area (Å²) in [5.74, 6) is 0.930. The summed E-state index contributed by atoms with van der Waals surface area (Å²) in [7, 11) is 0. The number of aryl methyl sites for hydroxylation is 2. The largest absolute Gasteiger partial charge is 0.436 e. The maximum atomic E-state index is 14.8. The highest BCUT2D eigenvalue weighted by molar-refractivity contribution is 6.03. The van der Waals surface area contributed by atoms with E-state index < -0.39 is 11.7 Å². The fraction of sp³-hybridized carbons (Fsp3) is 0.222. The minimum atomic E-state index is -0.469. The first-order valence-electron chi connectivity index (χ1n) is 12.3. The lowest BCUT2D eigenvalue weighted by molar-refractivity contribution is 0.0994. The summed E-state index contributed by atoms with van der Waals surface area (Å²) in [6.45, 7) is 7.02. The van der Waals surface area contributed by atoms with E-state index in [9.17, 15) is 9.18 Å². The number of oxazole rings is 1. The Hall–Kier alpha value is -4.64. The molecule has 10 nitrogen and oxygen atoms in total. The molecule has 1 amide bonds. The molecular weight excluding hydrogens is 487 g/mol. The van der Waals surface area contributed by atoms with Gasteiger partial charge < -0.3 is 20.0 Å². The summed E-state index contributed by atoms with van der Waals surface area (Å²) in [5, 5.41) is 6.09. The Balaban J connectivity index is 1.28. The molecule has 0 radical (unpaired) electrons. The van der Waals surface area contributed by atoms with Gasteiger partial charge in [-0.05, 0) is 37.3 Å². The Bertz CT molecular complexity index is 1650. The van der Waals surface area contributed by atoms with Crippen molar-refractivity contribution < 1.29 is 13.6 Å². The van der Waals surface area contributed by atoms with E-state index in [0.717, 1.165) is 43.3 Å². The number of halogens is 1.